The molecular formula is C11H17NO5. The predicted octanol–water partition coefficient (Wildman–Crippen LogP) is -0.483. The van der Waals surface area contributed by atoms with Crippen LogP contribution in [-0.4, -0.2) is 45.0 Å². The maximum Gasteiger partial charge on any atom is 0.320 e. The van der Waals surface area contributed by atoms with E-state index in [1.54, 1.807) is 0 Å². The molecule has 0 amide bonds. The number of nitrogens with one attached hydrogen (secondary N) is 1. The number of rotatable bonds is 4. The Bertz CT molecular complexity index is 299. The van der Waals surface area contributed by atoms with Crippen LogP contribution in [0.15, 0.2) is 0 Å². The molecule has 1 heterocycles. The predicted molar refractivity (Wildman–Crippen MR) is 58.1 cm³/mol. The largest absolute Gasteiger partial charge is 0.468 e. The van der Waals surface area contributed by atoms with Crippen molar-refractivity contribution in [2.24, 2.45) is 11.8 Å². The molecule has 0 aromatic heterocycles. The van der Waals surface area contributed by atoms with Crippen molar-refractivity contribution in [1.82, 2.24) is 5.32 Å². The van der Waals surface area contributed by atoms with Crippen molar-refractivity contribution in [1.29, 1.82) is 0 Å². The highest BCUT2D eigenvalue weighted by atomic mass is 16.5. The van der Waals surface area contributed by atoms with Gasteiger partial charge in [-0.25, -0.2) is 0 Å². The molecule has 0 aromatic rings. The third kappa shape index (κ3) is 3.52. The lowest BCUT2D eigenvalue weighted by molar-refractivity contribution is -0.159. The minimum atomic E-state index is -1.01. The second-order valence-corrected chi connectivity index (χ2v) is 3.95. The Morgan fingerprint density at radius 1 is 1.35 bits per heavy atom. The van der Waals surface area contributed by atoms with Crippen LogP contribution in [0.3, 0.4) is 0 Å². The maximum atomic E-state index is 11.6. The summed E-state index contributed by atoms with van der Waals surface area (Å²) in [6, 6.07) is 0. The van der Waals surface area contributed by atoms with Gasteiger partial charge in [0.1, 0.15) is 5.78 Å². The van der Waals surface area contributed by atoms with E-state index in [4.69, 9.17) is 0 Å². The minimum Gasteiger partial charge on any atom is -0.468 e. The molecule has 96 valence electrons. The number of methoxy groups -OCH3 is 2. The number of ketones is 1. The zero-order valence-electron chi connectivity index (χ0n) is 10.0. The van der Waals surface area contributed by atoms with E-state index in [2.05, 4.69) is 14.8 Å². The average Bonchev–Trinajstić information content (AvgIpc) is 2.36. The number of ether oxygens (including phenoxy) is 2. The van der Waals surface area contributed by atoms with Gasteiger partial charge in [0.2, 0.25) is 0 Å². The van der Waals surface area contributed by atoms with Crippen LogP contribution in [0.2, 0.25) is 0 Å². The lowest BCUT2D eigenvalue weighted by Crippen LogP contribution is -2.40. The number of carbonyl (C=O) groups excluding carboxylic acids is 3. The summed E-state index contributed by atoms with van der Waals surface area (Å²) in [7, 11) is 2.42. The first-order valence-corrected chi connectivity index (χ1v) is 5.49. The van der Waals surface area contributed by atoms with Crippen molar-refractivity contribution in [2.45, 2.75) is 12.8 Å². The summed E-state index contributed by atoms with van der Waals surface area (Å²) in [4.78, 5) is 34.5. The maximum absolute atomic E-state index is 11.6. The second-order valence-electron chi connectivity index (χ2n) is 3.95. The number of esters is 2. The fourth-order valence-electron chi connectivity index (χ4n) is 1.88. The number of hydrogen-bond donors (Lipinski definition) is 1. The normalized spacial score (nSPS) is 20.2. The first-order chi connectivity index (χ1) is 8.10. The Hall–Kier alpha value is -1.43. The van der Waals surface area contributed by atoms with Crippen LogP contribution < -0.4 is 5.32 Å². The Kier molecular flexibility index (Phi) is 5.09. The van der Waals surface area contributed by atoms with Gasteiger partial charge in [-0.2, -0.15) is 0 Å². The molecule has 1 unspecified atom stereocenters. The first kappa shape index (κ1) is 13.6. The van der Waals surface area contributed by atoms with Crippen LogP contribution in [0.25, 0.3) is 0 Å². The summed E-state index contributed by atoms with van der Waals surface area (Å²) in [6.07, 6.45) is 0.574. The Labute approximate surface area is 99.6 Å². The molecule has 0 aliphatic carbocycles. The summed E-state index contributed by atoms with van der Waals surface area (Å²) in [5, 5.41) is 3.06. The number of hydrogen-bond acceptors (Lipinski definition) is 6. The van der Waals surface area contributed by atoms with E-state index in [9.17, 15) is 14.4 Å². The van der Waals surface area contributed by atoms with Gasteiger partial charge < -0.3 is 14.8 Å². The molecule has 17 heavy (non-hydrogen) atoms. The lowest BCUT2D eigenvalue weighted by atomic mass is 9.88. The molecule has 0 bridgehead atoms. The van der Waals surface area contributed by atoms with E-state index in [0.717, 1.165) is 0 Å². The van der Waals surface area contributed by atoms with Crippen molar-refractivity contribution in [3.63, 3.8) is 0 Å². The number of carbonyl (C=O) groups is 3. The zero-order chi connectivity index (χ0) is 12.8. The van der Waals surface area contributed by atoms with E-state index in [-0.39, 0.29) is 18.1 Å². The van der Waals surface area contributed by atoms with Gasteiger partial charge in [-0.05, 0) is 6.42 Å². The third-order valence-electron chi connectivity index (χ3n) is 2.89. The topological polar surface area (TPSA) is 81.7 Å². The molecule has 0 spiro atoms. The van der Waals surface area contributed by atoms with Crippen LogP contribution in [0, 0.1) is 11.8 Å². The molecule has 1 fully saturated rings. The van der Waals surface area contributed by atoms with E-state index < -0.39 is 17.9 Å². The van der Waals surface area contributed by atoms with Gasteiger partial charge in [-0.3, -0.25) is 14.4 Å². The molecule has 1 aliphatic heterocycles. The van der Waals surface area contributed by atoms with E-state index >= 15 is 0 Å². The standard InChI is InChI=1S/C11H17NO5/c1-16-10(14)8(11(15)17-2)5-7-6-12-4-3-9(7)13/h7-8,12H,3-6H2,1-2H3. The molecule has 1 N–H and O–H groups in total. The Morgan fingerprint density at radius 2 is 1.94 bits per heavy atom. The van der Waals surface area contributed by atoms with Gasteiger partial charge in [0, 0.05) is 25.4 Å². The van der Waals surface area contributed by atoms with Crippen molar-refractivity contribution in [2.75, 3.05) is 27.3 Å². The highest BCUT2D eigenvalue weighted by molar-refractivity contribution is 5.95. The quantitative estimate of drug-likeness (QED) is 0.530. The summed E-state index contributed by atoms with van der Waals surface area (Å²) in [5.41, 5.74) is 0. The zero-order valence-corrected chi connectivity index (χ0v) is 10.0. The molecule has 6 heteroatoms. The summed E-state index contributed by atoms with van der Waals surface area (Å²) >= 11 is 0. The SMILES string of the molecule is COC(=O)C(CC1CNCCC1=O)C(=O)OC. The molecule has 1 rings (SSSR count). The lowest BCUT2D eigenvalue weighted by Gasteiger charge is -2.23. The molecule has 1 atom stereocenters. The highest BCUT2D eigenvalue weighted by Crippen LogP contribution is 2.19. The van der Waals surface area contributed by atoms with Crippen LogP contribution >= 0.6 is 0 Å². The molecule has 1 aliphatic rings. The molecule has 1 saturated heterocycles. The Morgan fingerprint density at radius 3 is 2.41 bits per heavy atom. The van der Waals surface area contributed by atoms with Gasteiger partial charge in [0.05, 0.1) is 14.2 Å². The van der Waals surface area contributed by atoms with Crippen molar-refractivity contribution in [3.8, 4) is 0 Å². The summed E-state index contributed by atoms with van der Waals surface area (Å²) in [6.45, 7) is 1.14. The van der Waals surface area contributed by atoms with E-state index in [1.807, 2.05) is 0 Å². The van der Waals surface area contributed by atoms with Crippen LogP contribution in [0.4, 0.5) is 0 Å². The van der Waals surface area contributed by atoms with Crippen molar-refractivity contribution < 1.29 is 23.9 Å². The highest BCUT2D eigenvalue weighted by Gasteiger charge is 2.34. The van der Waals surface area contributed by atoms with Crippen LogP contribution in [0.1, 0.15) is 12.8 Å². The number of Topliss-reactive ketones (excluding diaryl/α,β-unsaturated/α-hetero) is 1. The van der Waals surface area contributed by atoms with Crippen LogP contribution in [-0.2, 0) is 23.9 Å². The van der Waals surface area contributed by atoms with Crippen LogP contribution in [0.5, 0.6) is 0 Å². The molecule has 0 radical (unpaired) electrons. The molecule has 6 nitrogen and oxygen atoms in total. The van der Waals surface area contributed by atoms with Crippen molar-refractivity contribution >= 4 is 17.7 Å². The minimum absolute atomic E-state index is 0.0709. The fraction of sp³-hybridized carbons (Fsp3) is 0.727. The van der Waals surface area contributed by atoms with Crippen molar-refractivity contribution in [3.05, 3.63) is 0 Å². The fourth-order valence-corrected chi connectivity index (χ4v) is 1.88. The van der Waals surface area contributed by atoms with Gasteiger partial charge in [-0.1, -0.05) is 0 Å². The van der Waals surface area contributed by atoms with Gasteiger partial charge in [0.25, 0.3) is 0 Å². The summed E-state index contributed by atoms with van der Waals surface area (Å²) in [5.74, 6) is -2.59. The van der Waals surface area contributed by atoms with E-state index in [0.29, 0.717) is 19.5 Å². The summed E-state index contributed by atoms with van der Waals surface area (Å²) < 4.78 is 9.08. The van der Waals surface area contributed by atoms with E-state index in [1.165, 1.54) is 14.2 Å². The first-order valence-electron chi connectivity index (χ1n) is 5.49. The Balaban J connectivity index is 2.68. The third-order valence-corrected chi connectivity index (χ3v) is 2.89. The van der Waals surface area contributed by atoms with Gasteiger partial charge in [-0.15, -0.1) is 0 Å². The average molecular weight is 243 g/mol. The number of piperidine rings is 1. The second kappa shape index (κ2) is 6.34. The molecule has 0 saturated carbocycles. The monoisotopic (exact) mass is 243 g/mol. The molecule has 0 aromatic carbocycles. The van der Waals surface area contributed by atoms with Gasteiger partial charge in [0.15, 0.2) is 5.92 Å². The van der Waals surface area contributed by atoms with Gasteiger partial charge >= 0.3 is 11.9 Å². The smallest absolute Gasteiger partial charge is 0.320 e. The molecular weight excluding hydrogens is 226 g/mol.